The van der Waals surface area contributed by atoms with Crippen LogP contribution in [0.25, 0.3) is 33.2 Å². The second-order valence-electron chi connectivity index (χ2n) is 8.49. The fraction of sp³-hybridized carbons (Fsp3) is 0.308. The Morgan fingerprint density at radius 3 is 2.38 bits per heavy atom. The molecule has 0 amide bonds. The first-order valence-electron chi connectivity index (χ1n) is 10.2. The molecule has 4 aromatic rings. The van der Waals surface area contributed by atoms with E-state index in [0.717, 1.165) is 38.8 Å². The van der Waals surface area contributed by atoms with E-state index in [0.29, 0.717) is 17.4 Å². The number of aromatic nitrogens is 1. The zero-order valence-corrected chi connectivity index (χ0v) is 18.0. The van der Waals surface area contributed by atoms with E-state index in [9.17, 15) is 5.26 Å². The Bertz CT molecular complexity index is 1290. The standard InChI is InChI=1S/C26H27N2O/c1-15(2)20-13-18(14-27)24-19-11-10-17(5)23(21-9-7-8-12-28(21)6)25(19)29-26(24)22(20)16(3)4/h7-13,15-16H,1-6H3/q+1. The molecule has 3 heteroatoms. The number of aryl methyl sites for hydroxylation is 2. The summed E-state index contributed by atoms with van der Waals surface area (Å²) in [6.07, 6.45) is 2.05. The van der Waals surface area contributed by atoms with E-state index in [-0.39, 0.29) is 0 Å². The molecular weight excluding hydrogens is 356 g/mol. The third-order valence-corrected chi connectivity index (χ3v) is 5.82. The third-order valence-electron chi connectivity index (χ3n) is 5.82. The molecule has 29 heavy (non-hydrogen) atoms. The smallest absolute Gasteiger partial charge is 0.216 e. The summed E-state index contributed by atoms with van der Waals surface area (Å²) in [5.41, 5.74) is 8.18. The molecule has 2 aromatic heterocycles. The van der Waals surface area contributed by atoms with E-state index in [1.54, 1.807) is 0 Å². The predicted octanol–water partition coefficient (Wildman–Crippen LogP) is 6.50. The molecule has 2 heterocycles. The van der Waals surface area contributed by atoms with Crippen molar-refractivity contribution in [2.24, 2.45) is 7.05 Å². The van der Waals surface area contributed by atoms with Crippen LogP contribution in [-0.4, -0.2) is 0 Å². The monoisotopic (exact) mass is 383 g/mol. The van der Waals surface area contributed by atoms with Gasteiger partial charge >= 0.3 is 0 Å². The summed E-state index contributed by atoms with van der Waals surface area (Å²) in [7, 11) is 2.05. The quantitative estimate of drug-likeness (QED) is 0.379. The fourth-order valence-electron chi connectivity index (χ4n) is 4.42. The van der Waals surface area contributed by atoms with Crippen LogP contribution in [0.15, 0.2) is 47.0 Å². The van der Waals surface area contributed by atoms with Crippen molar-refractivity contribution < 1.29 is 8.98 Å². The molecule has 0 aliphatic heterocycles. The summed E-state index contributed by atoms with van der Waals surface area (Å²) >= 11 is 0. The van der Waals surface area contributed by atoms with Crippen LogP contribution in [0.4, 0.5) is 0 Å². The lowest BCUT2D eigenvalue weighted by atomic mass is 9.86. The maximum absolute atomic E-state index is 9.94. The minimum absolute atomic E-state index is 0.306. The van der Waals surface area contributed by atoms with Crippen LogP contribution in [0.3, 0.4) is 0 Å². The maximum Gasteiger partial charge on any atom is 0.216 e. The van der Waals surface area contributed by atoms with Crippen molar-refractivity contribution in [1.29, 1.82) is 5.26 Å². The zero-order chi connectivity index (χ0) is 20.9. The predicted molar refractivity (Wildman–Crippen MR) is 118 cm³/mol. The van der Waals surface area contributed by atoms with Crippen LogP contribution >= 0.6 is 0 Å². The summed E-state index contributed by atoms with van der Waals surface area (Å²) < 4.78 is 8.75. The SMILES string of the molecule is Cc1ccc2c(oc3c(C(C)C)c(C(C)C)cc(C#N)c32)c1-c1cccc[n+]1C. The number of fused-ring (bicyclic) bond motifs is 3. The fourth-order valence-corrected chi connectivity index (χ4v) is 4.42. The van der Waals surface area contributed by atoms with Crippen LogP contribution in [0.1, 0.15) is 61.8 Å². The van der Waals surface area contributed by atoms with Gasteiger partial charge in [-0.25, -0.2) is 4.57 Å². The number of furan rings is 1. The van der Waals surface area contributed by atoms with E-state index < -0.39 is 0 Å². The molecule has 0 unspecified atom stereocenters. The topological polar surface area (TPSA) is 40.8 Å². The van der Waals surface area contributed by atoms with E-state index in [2.05, 4.69) is 69.5 Å². The van der Waals surface area contributed by atoms with Crippen molar-refractivity contribution in [3.05, 3.63) is 64.8 Å². The lowest BCUT2D eigenvalue weighted by Crippen LogP contribution is -2.30. The molecule has 0 atom stereocenters. The first-order valence-corrected chi connectivity index (χ1v) is 10.2. The second-order valence-corrected chi connectivity index (χ2v) is 8.49. The highest BCUT2D eigenvalue weighted by Gasteiger charge is 2.25. The summed E-state index contributed by atoms with van der Waals surface area (Å²) in [4.78, 5) is 0. The number of hydrogen-bond donors (Lipinski definition) is 0. The summed E-state index contributed by atoms with van der Waals surface area (Å²) in [6, 6.07) is 14.9. The Morgan fingerprint density at radius 2 is 1.76 bits per heavy atom. The second kappa shape index (κ2) is 7.04. The Hall–Kier alpha value is -3.12. The Labute approximate surface area is 172 Å². The number of nitrogens with zero attached hydrogens (tertiary/aromatic N) is 2. The molecule has 2 aromatic carbocycles. The average Bonchev–Trinajstić information content (AvgIpc) is 3.06. The third kappa shape index (κ3) is 2.91. The van der Waals surface area contributed by atoms with Crippen molar-refractivity contribution >= 4 is 21.9 Å². The van der Waals surface area contributed by atoms with Gasteiger partial charge in [-0.05, 0) is 42.0 Å². The molecule has 0 saturated carbocycles. The summed E-state index contributed by atoms with van der Waals surface area (Å²) in [5, 5.41) is 11.9. The molecule has 146 valence electrons. The molecule has 0 bridgehead atoms. The first kappa shape index (κ1) is 19.2. The van der Waals surface area contributed by atoms with Gasteiger partial charge in [0, 0.05) is 28.5 Å². The molecule has 4 rings (SSSR count). The molecule has 0 saturated heterocycles. The molecule has 0 aliphatic rings. The number of pyridine rings is 1. The van der Waals surface area contributed by atoms with Gasteiger partial charge in [-0.3, -0.25) is 0 Å². The number of nitriles is 1. The molecule has 0 fully saturated rings. The highest BCUT2D eigenvalue weighted by molar-refractivity contribution is 6.13. The Morgan fingerprint density at radius 1 is 1.00 bits per heavy atom. The minimum Gasteiger partial charge on any atom is -0.455 e. The molecule has 0 N–H and O–H groups in total. The van der Waals surface area contributed by atoms with Crippen LogP contribution in [0.5, 0.6) is 0 Å². The molecular formula is C26H27N2O+. The van der Waals surface area contributed by atoms with Gasteiger partial charge in [0.05, 0.1) is 17.2 Å². The summed E-state index contributed by atoms with van der Waals surface area (Å²) in [5.74, 6) is 0.630. The lowest BCUT2D eigenvalue weighted by Gasteiger charge is -2.17. The van der Waals surface area contributed by atoms with Crippen molar-refractivity contribution in [2.45, 2.75) is 46.5 Å². The zero-order valence-electron chi connectivity index (χ0n) is 18.0. The minimum atomic E-state index is 0.306. The van der Waals surface area contributed by atoms with Crippen molar-refractivity contribution in [3.8, 4) is 17.3 Å². The largest absolute Gasteiger partial charge is 0.455 e. The number of benzene rings is 2. The highest BCUT2D eigenvalue weighted by Crippen LogP contribution is 2.43. The number of rotatable bonds is 3. The normalized spacial score (nSPS) is 11.7. The number of hydrogen-bond acceptors (Lipinski definition) is 2. The maximum atomic E-state index is 9.94. The van der Waals surface area contributed by atoms with Gasteiger partial charge in [-0.2, -0.15) is 5.26 Å². The van der Waals surface area contributed by atoms with E-state index in [1.165, 1.54) is 11.1 Å². The average molecular weight is 384 g/mol. The Kier molecular flexibility index (Phi) is 4.67. The van der Waals surface area contributed by atoms with Crippen LogP contribution in [-0.2, 0) is 7.05 Å². The molecule has 0 radical (unpaired) electrons. The summed E-state index contributed by atoms with van der Waals surface area (Å²) in [6.45, 7) is 10.9. The highest BCUT2D eigenvalue weighted by atomic mass is 16.3. The van der Waals surface area contributed by atoms with Gasteiger partial charge in [0.25, 0.3) is 0 Å². The Balaban J connectivity index is 2.24. The molecule has 0 aliphatic carbocycles. The van der Waals surface area contributed by atoms with E-state index >= 15 is 0 Å². The first-order chi connectivity index (χ1) is 13.8. The van der Waals surface area contributed by atoms with Gasteiger partial charge in [-0.1, -0.05) is 39.8 Å². The van der Waals surface area contributed by atoms with Gasteiger partial charge in [-0.15, -0.1) is 0 Å². The lowest BCUT2D eigenvalue weighted by molar-refractivity contribution is -0.660. The van der Waals surface area contributed by atoms with Gasteiger partial charge in [0.15, 0.2) is 6.20 Å². The van der Waals surface area contributed by atoms with Crippen molar-refractivity contribution in [3.63, 3.8) is 0 Å². The molecule has 3 nitrogen and oxygen atoms in total. The van der Waals surface area contributed by atoms with Crippen LogP contribution in [0.2, 0.25) is 0 Å². The van der Waals surface area contributed by atoms with Gasteiger partial charge in [0.1, 0.15) is 18.2 Å². The van der Waals surface area contributed by atoms with Gasteiger partial charge < -0.3 is 4.42 Å². The van der Waals surface area contributed by atoms with E-state index in [1.807, 2.05) is 25.4 Å². The van der Waals surface area contributed by atoms with Crippen molar-refractivity contribution in [2.75, 3.05) is 0 Å². The van der Waals surface area contributed by atoms with Gasteiger partial charge in [0.2, 0.25) is 5.69 Å². The molecule has 0 spiro atoms. The van der Waals surface area contributed by atoms with Crippen LogP contribution < -0.4 is 4.57 Å². The van der Waals surface area contributed by atoms with Crippen LogP contribution in [0, 0.1) is 18.3 Å². The van der Waals surface area contributed by atoms with E-state index in [4.69, 9.17) is 4.42 Å². The van der Waals surface area contributed by atoms with Crippen molar-refractivity contribution in [1.82, 2.24) is 0 Å².